The van der Waals surface area contributed by atoms with Crippen LogP contribution in [0.3, 0.4) is 0 Å². The van der Waals surface area contributed by atoms with Crippen LogP contribution in [0.2, 0.25) is 5.02 Å². The average Bonchev–Trinajstić information content (AvgIpc) is 2.52. The molecule has 2 aromatic rings. The van der Waals surface area contributed by atoms with Crippen LogP contribution in [0.15, 0.2) is 42.5 Å². The summed E-state index contributed by atoms with van der Waals surface area (Å²) in [6.07, 6.45) is -0.175. The molecule has 0 unspecified atom stereocenters. The highest BCUT2D eigenvalue weighted by Crippen LogP contribution is 2.20. The Kier molecular flexibility index (Phi) is 5.71. The van der Waals surface area contributed by atoms with Crippen molar-refractivity contribution in [2.45, 2.75) is 13.3 Å². The van der Waals surface area contributed by atoms with Crippen LogP contribution in [0.4, 0.5) is 10.1 Å². The lowest BCUT2D eigenvalue weighted by molar-refractivity contribution is -0.115. The molecule has 0 spiro atoms. The third-order valence-corrected chi connectivity index (χ3v) is 3.43. The van der Waals surface area contributed by atoms with Crippen molar-refractivity contribution in [2.75, 3.05) is 11.9 Å². The smallest absolute Gasteiger partial charge is 0.338 e. The van der Waals surface area contributed by atoms with Crippen LogP contribution in [0.25, 0.3) is 0 Å². The molecule has 0 heterocycles. The average molecular weight is 336 g/mol. The van der Waals surface area contributed by atoms with Gasteiger partial charge in [0.1, 0.15) is 5.82 Å². The molecule has 0 aliphatic rings. The summed E-state index contributed by atoms with van der Waals surface area (Å²) in [5, 5.41) is 2.83. The lowest BCUT2D eigenvalue weighted by Gasteiger charge is -2.08. The summed E-state index contributed by atoms with van der Waals surface area (Å²) < 4.78 is 18.5. The van der Waals surface area contributed by atoms with Gasteiger partial charge in [-0.3, -0.25) is 4.79 Å². The van der Waals surface area contributed by atoms with E-state index in [1.807, 2.05) is 0 Å². The van der Waals surface area contributed by atoms with Gasteiger partial charge < -0.3 is 10.1 Å². The molecule has 0 aromatic heterocycles. The minimum atomic E-state index is -0.523. The zero-order chi connectivity index (χ0) is 16.8. The minimum absolute atomic E-state index is 0.148. The largest absolute Gasteiger partial charge is 0.462 e. The fourth-order valence-electron chi connectivity index (χ4n) is 1.97. The molecular formula is C17H15ClFNO3. The molecule has 0 fully saturated rings. The van der Waals surface area contributed by atoms with Gasteiger partial charge in [0.15, 0.2) is 0 Å². The molecule has 6 heteroatoms. The number of esters is 1. The second kappa shape index (κ2) is 7.74. The Morgan fingerprint density at radius 1 is 1.17 bits per heavy atom. The number of hydrogen-bond donors (Lipinski definition) is 1. The van der Waals surface area contributed by atoms with E-state index >= 15 is 0 Å². The van der Waals surface area contributed by atoms with Gasteiger partial charge in [-0.05, 0) is 43.3 Å². The number of amides is 1. The van der Waals surface area contributed by atoms with Gasteiger partial charge in [-0.2, -0.15) is 0 Å². The Morgan fingerprint density at radius 3 is 2.48 bits per heavy atom. The van der Waals surface area contributed by atoms with Crippen molar-refractivity contribution in [1.29, 1.82) is 0 Å². The molecule has 0 saturated carbocycles. The molecule has 2 aromatic carbocycles. The van der Waals surface area contributed by atoms with Crippen molar-refractivity contribution in [3.8, 4) is 0 Å². The van der Waals surface area contributed by atoms with Gasteiger partial charge in [-0.25, -0.2) is 9.18 Å². The van der Waals surface area contributed by atoms with E-state index < -0.39 is 17.7 Å². The first kappa shape index (κ1) is 17.0. The normalized spacial score (nSPS) is 10.2. The Balaban J connectivity index is 2.02. The van der Waals surface area contributed by atoms with E-state index in [2.05, 4.69) is 5.32 Å². The summed E-state index contributed by atoms with van der Waals surface area (Å²) in [7, 11) is 0. The number of rotatable bonds is 5. The summed E-state index contributed by atoms with van der Waals surface area (Å²) in [6, 6.07) is 10.5. The van der Waals surface area contributed by atoms with Gasteiger partial charge in [-0.15, -0.1) is 0 Å². The molecule has 4 nitrogen and oxygen atoms in total. The summed E-state index contributed by atoms with van der Waals surface area (Å²) in [6.45, 7) is 2.01. The van der Waals surface area contributed by atoms with Gasteiger partial charge >= 0.3 is 5.97 Å². The second-order valence-electron chi connectivity index (χ2n) is 4.72. The zero-order valence-corrected chi connectivity index (χ0v) is 13.2. The van der Waals surface area contributed by atoms with Crippen LogP contribution in [-0.2, 0) is 16.0 Å². The van der Waals surface area contributed by atoms with E-state index in [1.165, 1.54) is 18.2 Å². The van der Waals surface area contributed by atoms with Gasteiger partial charge in [0.25, 0.3) is 0 Å². The number of anilines is 1. The number of carbonyl (C=O) groups excluding carboxylic acids is 2. The van der Waals surface area contributed by atoms with Crippen molar-refractivity contribution >= 4 is 29.2 Å². The van der Waals surface area contributed by atoms with E-state index in [4.69, 9.17) is 16.3 Å². The monoisotopic (exact) mass is 335 g/mol. The lowest BCUT2D eigenvalue weighted by Crippen LogP contribution is -2.15. The Morgan fingerprint density at radius 2 is 1.87 bits per heavy atom. The number of nitrogens with one attached hydrogen (secondary N) is 1. The quantitative estimate of drug-likeness (QED) is 0.845. The summed E-state index contributed by atoms with van der Waals surface area (Å²) in [5.41, 5.74) is 1.03. The van der Waals surface area contributed by atoms with E-state index in [0.717, 1.165) is 0 Å². The van der Waals surface area contributed by atoms with Crippen LogP contribution in [0.5, 0.6) is 0 Å². The molecule has 0 bridgehead atoms. The third-order valence-electron chi connectivity index (χ3n) is 3.08. The molecule has 0 aliphatic heterocycles. The first-order chi connectivity index (χ1) is 11.0. The van der Waals surface area contributed by atoms with Crippen molar-refractivity contribution < 1.29 is 18.7 Å². The first-order valence-corrected chi connectivity index (χ1v) is 7.39. The molecule has 1 N–H and O–H groups in total. The highest BCUT2D eigenvalue weighted by molar-refractivity contribution is 6.31. The highest BCUT2D eigenvalue weighted by atomic mass is 35.5. The predicted octanol–water partition coefficient (Wildman–Crippen LogP) is 3.84. The third kappa shape index (κ3) is 4.53. The topological polar surface area (TPSA) is 55.4 Å². The summed E-state index contributed by atoms with van der Waals surface area (Å²) in [5.74, 6) is -1.35. The molecular weight excluding hydrogens is 321 g/mol. The van der Waals surface area contributed by atoms with Gasteiger partial charge in [0.2, 0.25) is 5.91 Å². The standard InChI is InChI=1S/C17H15ClFNO3/c1-2-23-17(22)11-6-8-12(9-7-11)20-16(21)10-13-14(18)4-3-5-15(13)19/h3-9H,2,10H2,1H3,(H,20,21). The van der Waals surface area contributed by atoms with Crippen LogP contribution >= 0.6 is 11.6 Å². The summed E-state index contributed by atoms with van der Waals surface area (Å²) in [4.78, 5) is 23.5. The number of ether oxygens (including phenoxy) is 1. The van der Waals surface area contributed by atoms with Gasteiger partial charge in [-0.1, -0.05) is 17.7 Å². The molecule has 0 atom stereocenters. The molecule has 120 valence electrons. The van der Waals surface area contributed by atoms with Gasteiger partial charge in [0.05, 0.1) is 18.6 Å². The maximum Gasteiger partial charge on any atom is 0.338 e. The van der Waals surface area contributed by atoms with Crippen LogP contribution in [0.1, 0.15) is 22.8 Å². The minimum Gasteiger partial charge on any atom is -0.462 e. The van der Waals surface area contributed by atoms with Crippen LogP contribution in [0, 0.1) is 5.82 Å². The first-order valence-electron chi connectivity index (χ1n) is 7.01. The fourth-order valence-corrected chi connectivity index (χ4v) is 2.20. The molecule has 2 rings (SSSR count). The fraction of sp³-hybridized carbons (Fsp3) is 0.176. The lowest BCUT2D eigenvalue weighted by atomic mass is 10.1. The van der Waals surface area contributed by atoms with Crippen molar-refractivity contribution in [3.05, 3.63) is 64.4 Å². The predicted molar refractivity (Wildman–Crippen MR) is 86.1 cm³/mol. The SMILES string of the molecule is CCOC(=O)c1ccc(NC(=O)Cc2c(F)cccc2Cl)cc1. The zero-order valence-electron chi connectivity index (χ0n) is 12.4. The Bertz CT molecular complexity index is 696. The maximum atomic E-state index is 13.6. The van der Waals surface area contributed by atoms with E-state index in [-0.39, 0.29) is 17.0 Å². The molecule has 23 heavy (non-hydrogen) atoms. The van der Waals surface area contributed by atoms with E-state index in [0.29, 0.717) is 17.9 Å². The van der Waals surface area contributed by atoms with E-state index in [9.17, 15) is 14.0 Å². The van der Waals surface area contributed by atoms with Crippen LogP contribution in [-0.4, -0.2) is 18.5 Å². The maximum absolute atomic E-state index is 13.6. The molecule has 0 saturated heterocycles. The Labute approximate surface area is 138 Å². The number of carbonyl (C=O) groups is 2. The number of hydrogen-bond acceptors (Lipinski definition) is 3. The molecule has 0 radical (unpaired) electrons. The Hall–Kier alpha value is -2.40. The molecule has 0 aliphatic carbocycles. The second-order valence-corrected chi connectivity index (χ2v) is 5.13. The number of halogens is 2. The van der Waals surface area contributed by atoms with Crippen molar-refractivity contribution in [2.24, 2.45) is 0 Å². The van der Waals surface area contributed by atoms with Crippen molar-refractivity contribution in [1.82, 2.24) is 0 Å². The highest BCUT2D eigenvalue weighted by Gasteiger charge is 2.12. The summed E-state index contributed by atoms with van der Waals surface area (Å²) >= 11 is 5.89. The van der Waals surface area contributed by atoms with E-state index in [1.54, 1.807) is 31.2 Å². The number of benzene rings is 2. The van der Waals surface area contributed by atoms with Crippen molar-refractivity contribution in [3.63, 3.8) is 0 Å². The molecule has 1 amide bonds. The van der Waals surface area contributed by atoms with Gasteiger partial charge in [0, 0.05) is 16.3 Å². The van der Waals surface area contributed by atoms with Crippen LogP contribution < -0.4 is 5.32 Å².